The highest BCUT2D eigenvalue weighted by molar-refractivity contribution is 5.76. The van der Waals surface area contributed by atoms with E-state index in [-0.39, 0.29) is 12.5 Å². The molecule has 0 aliphatic carbocycles. The quantitative estimate of drug-likeness (QED) is 0.0362. The monoisotopic (exact) mass is 874 g/mol. The van der Waals surface area contributed by atoms with Crippen molar-refractivity contribution < 1.29 is 20.1 Å². The Labute approximate surface area is 388 Å². The molecule has 0 fully saturated rings. The van der Waals surface area contributed by atoms with Crippen molar-refractivity contribution in [1.29, 1.82) is 0 Å². The molecule has 4 N–H and O–H groups in total. The molecular weight excluding hydrogens is 763 g/mol. The number of aliphatic hydroxyl groups excluding tert-OH is 3. The fourth-order valence-electron chi connectivity index (χ4n) is 8.96. The maximum atomic E-state index is 12.4. The van der Waals surface area contributed by atoms with Crippen LogP contribution in [0.2, 0.25) is 0 Å². The first kappa shape index (κ1) is 60.8. The van der Waals surface area contributed by atoms with Gasteiger partial charge in [-0.25, -0.2) is 0 Å². The second kappa shape index (κ2) is 52.5. The van der Waals surface area contributed by atoms with Crippen LogP contribution in [0.15, 0.2) is 24.3 Å². The van der Waals surface area contributed by atoms with Crippen molar-refractivity contribution in [2.24, 2.45) is 0 Å². The third-order valence-corrected chi connectivity index (χ3v) is 13.3. The zero-order chi connectivity index (χ0) is 45.1. The van der Waals surface area contributed by atoms with Gasteiger partial charge >= 0.3 is 0 Å². The van der Waals surface area contributed by atoms with Crippen LogP contribution in [0, 0.1) is 0 Å². The molecule has 5 heteroatoms. The van der Waals surface area contributed by atoms with Crippen LogP contribution < -0.4 is 5.32 Å². The van der Waals surface area contributed by atoms with Crippen LogP contribution in [-0.4, -0.2) is 46.1 Å². The summed E-state index contributed by atoms with van der Waals surface area (Å²) in [5, 5.41) is 33.5. The van der Waals surface area contributed by atoms with Gasteiger partial charge in [0.15, 0.2) is 0 Å². The van der Waals surface area contributed by atoms with Crippen LogP contribution in [0.5, 0.6) is 0 Å². The van der Waals surface area contributed by atoms with Crippen LogP contribution in [0.1, 0.15) is 309 Å². The Morgan fingerprint density at radius 3 is 1.02 bits per heavy atom. The zero-order valence-corrected chi connectivity index (χ0v) is 42.0. The maximum absolute atomic E-state index is 12.4. The summed E-state index contributed by atoms with van der Waals surface area (Å²) in [6, 6.07) is -0.805. The number of carbonyl (C=O) groups excluding carboxylic acids is 1. The zero-order valence-electron chi connectivity index (χ0n) is 42.0. The molecule has 5 nitrogen and oxygen atoms in total. The molecule has 0 bridgehead atoms. The van der Waals surface area contributed by atoms with Crippen molar-refractivity contribution in [2.75, 3.05) is 6.61 Å². The summed E-state index contributed by atoms with van der Waals surface area (Å²) in [4.78, 5) is 12.4. The Hall–Kier alpha value is -1.17. The molecule has 0 saturated carbocycles. The van der Waals surface area contributed by atoms with Crippen LogP contribution in [0.4, 0.5) is 0 Å². The van der Waals surface area contributed by atoms with Gasteiger partial charge in [-0.2, -0.15) is 0 Å². The van der Waals surface area contributed by atoms with Gasteiger partial charge in [0.1, 0.15) is 6.10 Å². The van der Waals surface area contributed by atoms with E-state index < -0.39 is 18.2 Å². The van der Waals surface area contributed by atoms with E-state index in [0.717, 1.165) is 44.9 Å². The number of allylic oxidation sites excluding steroid dienone is 4. The number of carbonyl (C=O) groups is 1. The van der Waals surface area contributed by atoms with Crippen LogP contribution in [0.3, 0.4) is 0 Å². The van der Waals surface area contributed by atoms with Gasteiger partial charge in [0.2, 0.25) is 5.91 Å². The molecule has 0 aromatic carbocycles. The minimum Gasteiger partial charge on any atom is -0.394 e. The smallest absolute Gasteiger partial charge is 0.220 e. The number of aliphatic hydroxyl groups is 3. The predicted molar refractivity (Wildman–Crippen MR) is 273 cm³/mol. The molecule has 3 atom stereocenters. The Bertz CT molecular complexity index is 920. The van der Waals surface area contributed by atoms with Gasteiger partial charge in [-0.3, -0.25) is 4.79 Å². The summed E-state index contributed by atoms with van der Waals surface area (Å²) >= 11 is 0. The summed E-state index contributed by atoms with van der Waals surface area (Å²) in [6.45, 7) is 4.17. The summed E-state index contributed by atoms with van der Waals surface area (Å²) in [5.74, 6) is -0.143. The van der Waals surface area contributed by atoms with E-state index in [1.807, 2.05) is 0 Å². The fourth-order valence-corrected chi connectivity index (χ4v) is 8.96. The normalized spacial score (nSPS) is 13.4. The molecule has 0 radical (unpaired) electrons. The van der Waals surface area contributed by atoms with Crippen molar-refractivity contribution in [1.82, 2.24) is 5.32 Å². The van der Waals surface area contributed by atoms with E-state index in [9.17, 15) is 20.1 Å². The standard InChI is InChI=1S/C57H111NO4/c1-3-5-7-9-11-13-14-15-16-17-18-19-20-21-22-23-24-25-26-27-28-29-30-31-32-33-34-35-36-37-38-39-40-41-42-44-46-48-50-52-56(61)58-54(53-59)57(62)55(60)51-49-47-45-43-12-10-8-6-4-2/h24-25,27-28,54-55,57,59-60,62H,3-23,26,29-53H2,1-2H3,(H,58,61)/b25-24-,28-27-. The molecule has 62 heavy (non-hydrogen) atoms. The van der Waals surface area contributed by atoms with Gasteiger partial charge in [-0.15, -0.1) is 0 Å². The molecule has 0 aromatic heterocycles. The summed E-state index contributed by atoms with van der Waals surface area (Å²) in [5.41, 5.74) is 0. The second-order valence-electron chi connectivity index (χ2n) is 19.5. The number of hydrogen-bond acceptors (Lipinski definition) is 4. The molecule has 0 aliphatic heterocycles. The molecule has 0 aromatic rings. The van der Waals surface area contributed by atoms with E-state index >= 15 is 0 Å². The lowest BCUT2D eigenvalue weighted by Crippen LogP contribution is -2.50. The topological polar surface area (TPSA) is 89.8 Å². The molecule has 368 valence electrons. The Morgan fingerprint density at radius 1 is 0.403 bits per heavy atom. The van der Waals surface area contributed by atoms with Gasteiger partial charge in [-0.1, -0.05) is 282 Å². The number of unbranched alkanes of at least 4 members (excludes halogenated alkanes) is 40. The summed E-state index contributed by atoms with van der Waals surface area (Å²) < 4.78 is 0. The Kier molecular flexibility index (Phi) is 51.5. The van der Waals surface area contributed by atoms with E-state index in [1.54, 1.807) is 0 Å². The Balaban J connectivity index is 3.41. The van der Waals surface area contributed by atoms with E-state index in [1.165, 1.54) is 238 Å². The van der Waals surface area contributed by atoms with Gasteiger partial charge in [0.25, 0.3) is 0 Å². The van der Waals surface area contributed by atoms with E-state index in [0.29, 0.717) is 12.8 Å². The summed E-state index contributed by atoms with van der Waals surface area (Å²) in [6.07, 6.45) is 66.5. The fraction of sp³-hybridized carbons (Fsp3) is 0.912. The van der Waals surface area contributed by atoms with Crippen LogP contribution >= 0.6 is 0 Å². The lowest BCUT2D eigenvalue weighted by Gasteiger charge is -2.26. The van der Waals surface area contributed by atoms with Crippen molar-refractivity contribution >= 4 is 5.91 Å². The van der Waals surface area contributed by atoms with Crippen molar-refractivity contribution in [3.8, 4) is 0 Å². The molecule has 0 rings (SSSR count). The first-order valence-electron chi connectivity index (χ1n) is 28.1. The third-order valence-electron chi connectivity index (χ3n) is 13.3. The lowest BCUT2D eigenvalue weighted by molar-refractivity contribution is -0.124. The van der Waals surface area contributed by atoms with Crippen molar-refractivity contribution in [3.63, 3.8) is 0 Å². The number of hydrogen-bond donors (Lipinski definition) is 4. The van der Waals surface area contributed by atoms with Gasteiger partial charge in [-0.05, 0) is 44.9 Å². The van der Waals surface area contributed by atoms with Gasteiger partial charge in [0.05, 0.1) is 18.8 Å². The maximum Gasteiger partial charge on any atom is 0.220 e. The van der Waals surface area contributed by atoms with Crippen molar-refractivity contribution in [2.45, 2.75) is 327 Å². The number of rotatable bonds is 52. The molecule has 0 heterocycles. The third kappa shape index (κ3) is 46.8. The SMILES string of the molecule is CCCCCCCCCCCCCCCCC/C=C\C/C=C\CCCCCCCCCCCCCCCCCCCC(=O)NC(CO)C(O)C(O)CCCCCCCCCCC. The minimum absolute atomic E-state index is 0.143. The average Bonchev–Trinajstić information content (AvgIpc) is 3.28. The van der Waals surface area contributed by atoms with Gasteiger partial charge < -0.3 is 20.6 Å². The average molecular weight is 875 g/mol. The van der Waals surface area contributed by atoms with Crippen LogP contribution in [-0.2, 0) is 4.79 Å². The minimum atomic E-state index is -1.13. The second-order valence-corrected chi connectivity index (χ2v) is 19.5. The highest BCUT2D eigenvalue weighted by Gasteiger charge is 2.26. The predicted octanol–water partition coefficient (Wildman–Crippen LogP) is 17.3. The first-order chi connectivity index (χ1) is 30.6. The molecule has 0 spiro atoms. The summed E-state index contributed by atoms with van der Waals surface area (Å²) in [7, 11) is 0. The molecular formula is C57H111NO4. The molecule has 0 saturated heterocycles. The highest BCUT2D eigenvalue weighted by atomic mass is 16.3. The largest absolute Gasteiger partial charge is 0.394 e. The van der Waals surface area contributed by atoms with E-state index in [2.05, 4.69) is 43.5 Å². The van der Waals surface area contributed by atoms with Crippen LogP contribution in [0.25, 0.3) is 0 Å². The molecule has 0 aliphatic rings. The lowest BCUT2D eigenvalue weighted by atomic mass is 9.99. The molecule has 3 unspecified atom stereocenters. The first-order valence-corrected chi connectivity index (χ1v) is 28.1. The Morgan fingerprint density at radius 2 is 0.694 bits per heavy atom. The van der Waals surface area contributed by atoms with Crippen molar-refractivity contribution in [3.05, 3.63) is 24.3 Å². The molecule has 1 amide bonds. The number of amides is 1. The highest BCUT2D eigenvalue weighted by Crippen LogP contribution is 2.18. The number of nitrogens with one attached hydrogen (secondary N) is 1. The van der Waals surface area contributed by atoms with E-state index in [4.69, 9.17) is 0 Å². The van der Waals surface area contributed by atoms with Gasteiger partial charge in [0, 0.05) is 6.42 Å².